The molecule has 134 valence electrons. The maximum Gasteiger partial charge on any atom is 0.412 e. The van der Waals surface area contributed by atoms with Crippen molar-refractivity contribution in [1.29, 1.82) is 0 Å². The number of carbonyl (C=O) groups is 2. The second kappa shape index (κ2) is 7.65. The molecule has 2 aromatic rings. The average Bonchev–Trinajstić information content (AvgIpc) is 2.96. The zero-order valence-corrected chi connectivity index (χ0v) is 15.4. The van der Waals surface area contributed by atoms with Crippen LogP contribution in [0.5, 0.6) is 0 Å². The number of thiophene rings is 1. The van der Waals surface area contributed by atoms with E-state index >= 15 is 0 Å². The first kappa shape index (κ1) is 18.9. The van der Waals surface area contributed by atoms with Gasteiger partial charge >= 0.3 is 6.09 Å². The quantitative estimate of drug-likeness (QED) is 0.798. The molecule has 5 nitrogen and oxygen atoms in total. The summed E-state index contributed by atoms with van der Waals surface area (Å²) in [7, 11) is 0. The third-order valence-electron chi connectivity index (χ3n) is 3.20. The Morgan fingerprint density at radius 2 is 1.88 bits per heavy atom. The molecule has 1 aromatic heterocycles. The van der Waals surface area contributed by atoms with Gasteiger partial charge in [0.1, 0.15) is 11.4 Å². The first-order valence-corrected chi connectivity index (χ1v) is 8.75. The number of anilines is 2. The molecule has 1 aromatic carbocycles. The molecule has 0 aliphatic heterocycles. The summed E-state index contributed by atoms with van der Waals surface area (Å²) in [6.45, 7) is 7.17. The van der Waals surface area contributed by atoms with Gasteiger partial charge in [-0.15, -0.1) is 11.3 Å². The van der Waals surface area contributed by atoms with Crippen molar-refractivity contribution >= 4 is 34.7 Å². The van der Waals surface area contributed by atoms with Gasteiger partial charge in [-0.25, -0.2) is 9.18 Å². The molecule has 0 fully saturated rings. The van der Waals surface area contributed by atoms with E-state index in [1.165, 1.54) is 23.5 Å². The van der Waals surface area contributed by atoms with Crippen LogP contribution in [0, 0.1) is 5.82 Å². The Morgan fingerprint density at radius 3 is 2.52 bits per heavy atom. The van der Waals surface area contributed by atoms with Gasteiger partial charge in [-0.2, -0.15) is 0 Å². The van der Waals surface area contributed by atoms with E-state index in [9.17, 15) is 14.0 Å². The predicted molar refractivity (Wildman–Crippen MR) is 97.9 cm³/mol. The minimum Gasteiger partial charge on any atom is -0.444 e. The summed E-state index contributed by atoms with van der Waals surface area (Å²) in [6.07, 6.45) is 0.0401. The zero-order valence-electron chi connectivity index (χ0n) is 14.6. The van der Waals surface area contributed by atoms with Crippen LogP contribution in [0.1, 0.15) is 42.9 Å². The van der Waals surface area contributed by atoms with Crippen LogP contribution in [0.4, 0.5) is 20.6 Å². The van der Waals surface area contributed by atoms with E-state index in [4.69, 9.17) is 4.74 Å². The highest BCUT2D eigenvalue weighted by Gasteiger charge is 2.19. The molecular formula is C18H21FN2O3S. The van der Waals surface area contributed by atoms with E-state index in [-0.39, 0.29) is 17.3 Å². The van der Waals surface area contributed by atoms with Crippen LogP contribution < -0.4 is 10.6 Å². The van der Waals surface area contributed by atoms with Crippen LogP contribution in [-0.4, -0.2) is 17.6 Å². The van der Waals surface area contributed by atoms with Crippen LogP contribution in [0.25, 0.3) is 0 Å². The maximum atomic E-state index is 13.6. The molecule has 2 N–H and O–H groups in total. The Hall–Kier alpha value is -2.41. The number of ether oxygens (including phenoxy) is 1. The summed E-state index contributed by atoms with van der Waals surface area (Å²) in [4.78, 5) is 25.0. The lowest BCUT2D eigenvalue weighted by atomic mass is 10.2. The van der Waals surface area contributed by atoms with Gasteiger partial charge in [0.2, 0.25) is 0 Å². The lowest BCUT2D eigenvalue weighted by Gasteiger charge is -2.20. The van der Waals surface area contributed by atoms with Gasteiger partial charge in [-0.3, -0.25) is 10.1 Å². The first-order valence-electron chi connectivity index (χ1n) is 7.87. The Labute approximate surface area is 150 Å². The number of benzene rings is 1. The van der Waals surface area contributed by atoms with Crippen molar-refractivity contribution in [2.45, 2.75) is 39.7 Å². The molecule has 1 heterocycles. The van der Waals surface area contributed by atoms with Gasteiger partial charge in [0.15, 0.2) is 0 Å². The van der Waals surface area contributed by atoms with Crippen LogP contribution in [-0.2, 0) is 11.2 Å². The van der Waals surface area contributed by atoms with Crippen molar-refractivity contribution in [3.05, 3.63) is 45.9 Å². The van der Waals surface area contributed by atoms with Gasteiger partial charge in [-0.05, 0) is 62.4 Å². The lowest BCUT2D eigenvalue weighted by Crippen LogP contribution is -2.27. The standard InChI is InChI=1S/C18H21FN2O3S/c1-5-11-8-9-25-15(11)16(22)20-14-10-12(19)6-7-13(14)21-17(23)24-18(2,3)4/h6-10H,5H2,1-4H3,(H,20,22)(H,21,23). The van der Waals surface area contributed by atoms with Crippen LogP contribution in [0.15, 0.2) is 29.6 Å². The second-order valence-electron chi connectivity index (χ2n) is 6.40. The van der Waals surface area contributed by atoms with Gasteiger partial charge < -0.3 is 10.1 Å². The minimum absolute atomic E-state index is 0.173. The molecule has 25 heavy (non-hydrogen) atoms. The average molecular weight is 364 g/mol. The number of hydrogen-bond donors (Lipinski definition) is 2. The highest BCUT2D eigenvalue weighted by molar-refractivity contribution is 7.12. The molecule has 0 aliphatic rings. The number of nitrogens with one attached hydrogen (secondary N) is 2. The van der Waals surface area contributed by atoms with E-state index in [1.54, 1.807) is 20.8 Å². The Morgan fingerprint density at radius 1 is 1.16 bits per heavy atom. The molecule has 0 radical (unpaired) electrons. The van der Waals surface area contributed by atoms with Crippen molar-refractivity contribution in [3.8, 4) is 0 Å². The number of halogens is 1. The molecule has 7 heteroatoms. The number of amides is 2. The van der Waals surface area contributed by atoms with Gasteiger partial charge in [0.05, 0.1) is 16.3 Å². The van der Waals surface area contributed by atoms with Gasteiger partial charge in [0, 0.05) is 0 Å². The monoisotopic (exact) mass is 364 g/mol. The number of rotatable bonds is 4. The van der Waals surface area contributed by atoms with Crippen molar-refractivity contribution in [2.75, 3.05) is 10.6 Å². The Kier molecular flexibility index (Phi) is 5.79. The highest BCUT2D eigenvalue weighted by atomic mass is 32.1. The smallest absolute Gasteiger partial charge is 0.412 e. The molecule has 0 unspecified atom stereocenters. The van der Waals surface area contributed by atoms with E-state index < -0.39 is 17.5 Å². The summed E-state index contributed by atoms with van der Waals surface area (Å²) in [5, 5.41) is 7.02. The molecule has 0 bridgehead atoms. The van der Waals surface area contributed by atoms with Crippen molar-refractivity contribution < 1.29 is 18.7 Å². The number of hydrogen-bond acceptors (Lipinski definition) is 4. The van der Waals surface area contributed by atoms with Crippen molar-refractivity contribution in [2.24, 2.45) is 0 Å². The van der Waals surface area contributed by atoms with E-state index in [1.807, 2.05) is 18.4 Å². The SMILES string of the molecule is CCc1ccsc1C(=O)Nc1cc(F)ccc1NC(=O)OC(C)(C)C. The minimum atomic E-state index is -0.681. The van der Waals surface area contributed by atoms with E-state index in [0.717, 1.165) is 18.1 Å². The molecule has 0 atom stereocenters. The summed E-state index contributed by atoms with van der Waals surface area (Å²) >= 11 is 1.32. The predicted octanol–water partition coefficient (Wildman–Crippen LogP) is 5.05. The van der Waals surface area contributed by atoms with Crippen LogP contribution in [0.3, 0.4) is 0 Å². The number of aryl methyl sites for hydroxylation is 1. The zero-order chi connectivity index (χ0) is 18.6. The van der Waals surface area contributed by atoms with Gasteiger partial charge in [-0.1, -0.05) is 6.92 Å². The van der Waals surface area contributed by atoms with E-state index in [2.05, 4.69) is 10.6 Å². The van der Waals surface area contributed by atoms with Crippen molar-refractivity contribution in [3.63, 3.8) is 0 Å². The van der Waals surface area contributed by atoms with E-state index in [0.29, 0.717) is 4.88 Å². The first-order chi connectivity index (χ1) is 11.7. The lowest BCUT2D eigenvalue weighted by molar-refractivity contribution is 0.0635. The highest BCUT2D eigenvalue weighted by Crippen LogP contribution is 2.26. The topological polar surface area (TPSA) is 67.4 Å². The van der Waals surface area contributed by atoms with Crippen molar-refractivity contribution in [1.82, 2.24) is 0 Å². The molecule has 2 amide bonds. The summed E-state index contributed by atoms with van der Waals surface area (Å²) in [5.74, 6) is -0.864. The summed E-state index contributed by atoms with van der Waals surface area (Å²) < 4.78 is 18.8. The fraction of sp³-hybridized carbons (Fsp3) is 0.333. The normalized spacial score (nSPS) is 11.1. The second-order valence-corrected chi connectivity index (χ2v) is 7.32. The maximum absolute atomic E-state index is 13.6. The Bertz CT molecular complexity index is 781. The molecule has 0 spiro atoms. The van der Waals surface area contributed by atoms with Crippen LogP contribution in [0.2, 0.25) is 0 Å². The fourth-order valence-electron chi connectivity index (χ4n) is 2.13. The molecular weight excluding hydrogens is 343 g/mol. The molecule has 0 aliphatic carbocycles. The van der Waals surface area contributed by atoms with Crippen LogP contribution >= 0.6 is 11.3 Å². The summed E-state index contributed by atoms with van der Waals surface area (Å²) in [6, 6.07) is 5.61. The third-order valence-corrected chi connectivity index (χ3v) is 4.15. The number of carbonyl (C=O) groups excluding carboxylic acids is 2. The third kappa shape index (κ3) is 5.29. The van der Waals surface area contributed by atoms with Gasteiger partial charge in [0.25, 0.3) is 5.91 Å². The molecule has 2 rings (SSSR count). The molecule has 0 saturated heterocycles. The Balaban J connectivity index is 2.21. The largest absolute Gasteiger partial charge is 0.444 e. The molecule has 0 saturated carbocycles. The fourth-order valence-corrected chi connectivity index (χ4v) is 3.03. The summed E-state index contributed by atoms with van der Waals surface area (Å²) in [5.41, 5.74) is 0.686.